The van der Waals surface area contributed by atoms with Crippen molar-refractivity contribution in [3.05, 3.63) is 11.6 Å². The molecule has 2 heterocycles. The molecule has 4 aliphatic carbocycles. The maximum Gasteiger partial charge on any atom is 0.227 e. The molecule has 0 amide bonds. The molecule has 168 valence electrons. The Morgan fingerprint density at radius 1 is 1.13 bits per heavy atom. The van der Waals surface area contributed by atoms with Gasteiger partial charge in [0, 0.05) is 10.8 Å². The average Bonchev–Trinajstić information content (AvgIpc) is 3.39. The number of aliphatic hydroxyl groups excluding tert-OH is 1. The Hall–Kier alpha value is -0.170. The molecule has 2 aliphatic heterocycles. The van der Waals surface area contributed by atoms with Crippen molar-refractivity contribution in [1.82, 2.24) is 0 Å². The highest BCUT2D eigenvalue weighted by atomic mass is 35.5. The van der Waals surface area contributed by atoms with E-state index in [1.54, 1.807) is 0 Å². The van der Waals surface area contributed by atoms with Gasteiger partial charge in [0.2, 0.25) is 5.79 Å². The van der Waals surface area contributed by atoms with Crippen LogP contribution in [-0.2, 0) is 18.9 Å². The van der Waals surface area contributed by atoms with Gasteiger partial charge in [-0.2, -0.15) is 0 Å². The van der Waals surface area contributed by atoms with Crippen molar-refractivity contribution in [2.24, 2.45) is 28.6 Å². The first-order valence-corrected chi connectivity index (χ1v) is 12.2. The molecule has 0 aromatic carbocycles. The Bertz CT molecular complexity index is 774. The summed E-state index contributed by atoms with van der Waals surface area (Å²) in [7, 11) is 0. The van der Waals surface area contributed by atoms with Gasteiger partial charge in [0.25, 0.3) is 0 Å². The number of allylic oxidation sites excluding steroid dienone is 2. The zero-order chi connectivity index (χ0) is 21.0. The summed E-state index contributed by atoms with van der Waals surface area (Å²) in [5.41, 5.74) is 0.440. The molecule has 3 saturated carbocycles. The van der Waals surface area contributed by atoms with E-state index in [9.17, 15) is 5.11 Å². The third kappa shape index (κ3) is 2.01. The molecule has 0 aromatic rings. The van der Waals surface area contributed by atoms with Crippen LogP contribution < -0.4 is 0 Å². The van der Waals surface area contributed by atoms with Crippen molar-refractivity contribution in [1.29, 1.82) is 0 Å². The first-order valence-electron chi connectivity index (χ1n) is 11.8. The predicted octanol–water partition coefficient (Wildman–Crippen LogP) is 4.36. The lowest BCUT2D eigenvalue weighted by Gasteiger charge is -2.65. The quantitative estimate of drug-likeness (QED) is 0.449. The second-order valence-electron chi connectivity index (χ2n) is 11.3. The fourth-order valence-corrected chi connectivity index (χ4v) is 9.84. The van der Waals surface area contributed by atoms with Gasteiger partial charge in [-0.15, -0.1) is 11.6 Å². The van der Waals surface area contributed by atoms with Crippen LogP contribution in [0.25, 0.3) is 0 Å². The molecule has 0 bridgehead atoms. The maximum absolute atomic E-state index is 11.8. The van der Waals surface area contributed by atoms with Gasteiger partial charge in [0.1, 0.15) is 12.2 Å². The van der Waals surface area contributed by atoms with Gasteiger partial charge in [-0.05, 0) is 62.7 Å². The summed E-state index contributed by atoms with van der Waals surface area (Å²) < 4.78 is 24.4. The zero-order valence-electron chi connectivity index (χ0n) is 18.4. The molecule has 2 saturated heterocycles. The number of rotatable bonds is 0. The normalized spacial score (nSPS) is 59.8. The standard InChI is InChI=1S/C24H35ClO5/c1-15-10-18-17-8-7-16-6-4-5-9-20(16,2)23(17,25)19(26)11-21(18,3)24(15)22(29-14-30-24)12-27-13-28-22/h6,15,17-19,26H,4-5,7-14H2,1-3H3/t15-,17+,18+,19+,20+,21+,22?,23+,24-/m1/s1. The number of hydrogen-bond acceptors (Lipinski definition) is 5. The molecule has 5 fully saturated rings. The smallest absolute Gasteiger partial charge is 0.227 e. The van der Waals surface area contributed by atoms with E-state index in [0.29, 0.717) is 18.9 Å². The van der Waals surface area contributed by atoms with E-state index in [1.165, 1.54) is 5.57 Å². The van der Waals surface area contributed by atoms with Gasteiger partial charge in [-0.25, -0.2) is 0 Å². The Morgan fingerprint density at radius 3 is 2.70 bits per heavy atom. The molecule has 6 heteroatoms. The van der Waals surface area contributed by atoms with Crippen molar-refractivity contribution in [3.8, 4) is 0 Å². The van der Waals surface area contributed by atoms with Gasteiger partial charge in [-0.3, -0.25) is 0 Å². The summed E-state index contributed by atoms with van der Waals surface area (Å²) in [6.07, 6.45) is 8.95. The second-order valence-corrected chi connectivity index (χ2v) is 11.9. The topological polar surface area (TPSA) is 57.2 Å². The molecular formula is C24H35ClO5. The monoisotopic (exact) mass is 438 g/mol. The summed E-state index contributed by atoms with van der Waals surface area (Å²) >= 11 is 7.65. The molecule has 1 unspecified atom stereocenters. The van der Waals surface area contributed by atoms with E-state index in [0.717, 1.165) is 38.5 Å². The van der Waals surface area contributed by atoms with Crippen molar-refractivity contribution in [3.63, 3.8) is 0 Å². The van der Waals surface area contributed by atoms with E-state index in [2.05, 4.69) is 26.8 Å². The van der Waals surface area contributed by atoms with E-state index in [-0.39, 0.29) is 36.3 Å². The Balaban J connectivity index is 1.48. The Labute approximate surface area is 184 Å². The summed E-state index contributed by atoms with van der Waals surface area (Å²) in [5.74, 6) is -0.0368. The van der Waals surface area contributed by atoms with Gasteiger partial charge in [0.15, 0.2) is 13.6 Å². The minimum absolute atomic E-state index is 0.132. The van der Waals surface area contributed by atoms with Crippen molar-refractivity contribution < 1.29 is 24.1 Å². The lowest BCUT2D eigenvalue weighted by molar-refractivity contribution is -0.265. The number of aliphatic hydroxyl groups is 1. The van der Waals surface area contributed by atoms with Crippen LogP contribution in [0.3, 0.4) is 0 Å². The van der Waals surface area contributed by atoms with Crippen LogP contribution in [-0.4, -0.2) is 47.7 Å². The lowest BCUT2D eigenvalue weighted by Crippen LogP contribution is -2.71. The first-order chi connectivity index (χ1) is 14.3. The highest BCUT2D eigenvalue weighted by Crippen LogP contribution is 2.75. The third-order valence-corrected chi connectivity index (χ3v) is 11.4. The SMILES string of the molecule is C[C@@H]1C[C@H]2[C@@H]3CCC4=CCCC[C@]4(C)[C@@]3(Cl)[C@@H](O)C[C@]2(C)[C@]12OCOC21COCO1. The molecule has 6 rings (SSSR count). The minimum Gasteiger partial charge on any atom is -0.391 e. The molecule has 6 aliphatic rings. The molecule has 5 nitrogen and oxygen atoms in total. The summed E-state index contributed by atoms with van der Waals surface area (Å²) in [6, 6.07) is 0. The fourth-order valence-electron chi connectivity index (χ4n) is 9.28. The van der Waals surface area contributed by atoms with Crippen molar-refractivity contribution >= 4 is 11.6 Å². The average molecular weight is 439 g/mol. The van der Waals surface area contributed by atoms with Crippen molar-refractivity contribution in [2.75, 3.05) is 20.2 Å². The highest BCUT2D eigenvalue weighted by Gasteiger charge is 2.81. The number of alkyl halides is 1. The molecule has 2 spiro atoms. The number of halogens is 1. The third-order valence-electron chi connectivity index (χ3n) is 10.5. The summed E-state index contributed by atoms with van der Waals surface area (Å²) in [6.45, 7) is 7.72. The molecule has 30 heavy (non-hydrogen) atoms. The van der Waals surface area contributed by atoms with Gasteiger partial charge < -0.3 is 24.1 Å². The minimum atomic E-state index is -0.879. The van der Waals surface area contributed by atoms with E-state index in [1.807, 2.05) is 0 Å². The van der Waals surface area contributed by atoms with Gasteiger partial charge in [0.05, 0.1) is 11.0 Å². The van der Waals surface area contributed by atoms with Crippen LogP contribution >= 0.6 is 11.6 Å². The highest BCUT2D eigenvalue weighted by molar-refractivity contribution is 6.25. The largest absolute Gasteiger partial charge is 0.391 e. The van der Waals surface area contributed by atoms with Crippen LogP contribution in [0.5, 0.6) is 0 Å². The molecule has 1 N–H and O–H groups in total. The van der Waals surface area contributed by atoms with Crippen LogP contribution in [0, 0.1) is 28.6 Å². The van der Waals surface area contributed by atoms with Crippen LogP contribution in [0.15, 0.2) is 11.6 Å². The summed E-state index contributed by atoms with van der Waals surface area (Å²) in [4.78, 5) is -0.618. The van der Waals surface area contributed by atoms with E-state index >= 15 is 0 Å². The molecule has 0 radical (unpaired) electrons. The number of hydrogen-bond donors (Lipinski definition) is 1. The number of ether oxygens (including phenoxy) is 4. The van der Waals surface area contributed by atoms with Crippen LogP contribution in [0.1, 0.15) is 65.7 Å². The fraction of sp³-hybridized carbons (Fsp3) is 0.917. The van der Waals surface area contributed by atoms with Crippen molar-refractivity contribution in [2.45, 2.75) is 88.1 Å². The van der Waals surface area contributed by atoms with E-state index in [4.69, 9.17) is 30.5 Å². The van der Waals surface area contributed by atoms with Gasteiger partial charge in [-0.1, -0.05) is 32.4 Å². The zero-order valence-corrected chi connectivity index (χ0v) is 19.2. The molecule has 0 aromatic heterocycles. The second kappa shape index (κ2) is 6.24. The van der Waals surface area contributed by atoms with Gasteiger partial charge >= 0.3 is 0 Å². The maximum atomic E-state index is 11.8. The summed E-state index contributed by atoms with van der Waals surface area (Å²) in [5, 5.41) is 11.8. The molecular weight excluding hydrogens is 404 g/mol. The van der Waals surface area contributed by atoms with E-state index < -0.39 is 22.4 Å². The van der Waals surface area contributed by atoms with Crippen LogP contribution in [0.4, 0.5) is 0 Å². The first kappa shape index (κ1) is 20.4. The lowest BCUT2D eigenvalue weighted by atomic mass is 9.44. The predicted molar refractivity (Wildman–Crippen MR) is 112 cm³/mol. The Kier molecular flexibility index (Phi) is 4.25. The van der Waals surface area contributed by atoms with Crippen LogP contribution in [0.2, 0.25) is 0 Å². The number of fused-ring (bicyclic) bond motifs is 7. The molecule has 9 atom stereocenters. The Morgan fingerprint density at radius 2 is 1.93 bits per heavy atom.